The predicted molar refractivity (Wildman–Crippen MR) is 173 cm³/mol. The van der Waals surface area contributed by atoms with Crippen LogP contribution in [-0.2, 0) is 18.9 Å². The molecule has 1 heterocycles. The third-order valence-corrected chi connectivity index (χ3v) is 11.9. The molecule has 0 aromatic heterocycles. The molecule has 3 saturated carbocycles. The molecule has 8 atom stereocenters. The van der Waals surface area contributed by atoms with E-state index in [0.717, 1.165) is 38.9 Å². The lowest BCUT2D eigenvalue weighted by atomic mass is 9.49. The van der Waals surface area contributed by atoms with Gasteiger partial charge in [0.2, 0.25) is 0 Å². The van der Waals surface area contributed by atoms with Gasteiger partial charge in [0, 0.05) is 49.4 Å². The summed E-state index contributed by atoms with van der Waals surface area (Å²) in [5, 5.41) is 2.83. The molecule has 0 bridgehead atoms. The Morgan fingerprint density at radius 3 is 2.36 bits per heavy atom. The highest BCUT2D eigenvalue weighted by molar-refractivity contribution is 5.84. The van der Waals surface area contributed by atoms with Crippen molar-refractivity contribution in [3.63, 3.8) is 0 Å². The third-order valence-electron chi connectivity index (χ3n) is 11.9. The monoisotopic (exact) mass is 620 g/mol. The first-order valence-electron chi connectivity index (χ1n) is 16.9. The number of benzene rings is 1. The first kappa shape index (κ1) is 32.1. The van der Waals surface area contributed by atoms with Gasteiger partial charge in [-0.15, -0.1) is 0 Å². The lowest BCUT2D eigenvalue weighted by molar-refractivity contribution is -0.252. The Hall–Kier alpha value is -2.84. The highest BCUT2D eigenvalue weighted by atomic mass is 16.7. The number of carbonyl (C=O) groups is 2. The van der Waals surface area contributed by atoms with Crippen LogP contribution in [0.4, 0.5) is 15.3 Å². The van der Waals surface area contributed by atoms with Crippen molar-refractivity contribution >= 4 is 17.9 Å². The van der Waals surface area contributed by atoms with Gasteiger partial charge in [-0.2, -0.15) is 0 Å². The number of anilines is 1. The van der Waals surface area contributed by atoms with Gasteiger partial charge in [0.05, 0.1) is 13.2 Å². The van der Waals surface area contributed by atoms with Crippen LogP contribution in [0.1, 0.15) is 73.1 Å². The minimum atomic E-state index is -0.492. The topological polar surface area (TPSA) is 86.3 Å². The number of hydrogen-bond acceptors (Lipinski definition) is 6. The summed E-state index contributed by atoms with van der Waals surface area (Å²) in [6, 6.07) is 9.31. The number of nitrogens with one attached hydrogen (secondary N) is 1. The fourth-order valence-electron chi connectivity index (χ4n) is 9.42. The van der Waals surface area contributed by atoms with Gasteiger partial charge in [0.15, 0.2) is 6.29 Å². The van der Waals surface area contributed by atoms with Gasteiger partial charge in [-0.25, -0.2) is 9.59 Å². The van der Waals surface area contributed by atoms with E-state index < -0.39 is 18.3 Å². The summed E-state index contributed by atoms with van der Waals surface area (Å²) in [5.74, 6) is 1.58. The van der Waals surface area contributed by atoms with Crippen LogP contribution < -0.4 is 5.32 Å². The van der Waals surface area contributed by atoms with Gasteiger partial charge in [0.25, 0.3) is 0 Å². The zero-order valence-corrected chi connectivity index (χ0v) is 28.1. The number of amides is 2. The summed E-state index contributed by atoms with van der Waals surface area (Å²) in [6.45, 7) is 13.0. The molecule has 2 amide bonds. The molecule has 8 nitrogen and oxygen atoms in total. The van der Waals surface area contributed by atoms with Gasteiger partial charge in [-0.1, -0.05) is 76.1 Å². The van der Waals surface area contributed by atoms with E-state index in [4.69, 9.17) is 18.9 Å². The van der Waals surface area contributed by atoms with E-state index in [0.29, 0.717) is 36.3 Å². The Morgan fingerprint density at radius 1 is 0.956 bits per heavy atom. The number of hydrogen-bond donors (Lipinski definition) is 1. The lowest BCUT2D eigenvalue weighted by Gasteiger charge is -2.57. The molecule has 6 rings (SSSR count). The van der Waals surface area contributed by atoms with Gasteiger partial charge >= 0.3 is 12.2 Å². The standard InChI is InChI=1S/C37H52N2O6/c1-23(32-42-21-35(2,3)22-43-32)28-15-16-29-27-14-13-24-19-26(44-33(40)38-25-11-9-8-10-12-25)20-31(45-34(41)39(6)7)37(24,5)30(27)17-18-36(28,29)4/h8-14,23,26,28-32H,15-22H2,1-7H3,(H,38,40)/t23?,26-,28-,29+,30+,31+,36-,37+/m1/s1. The van der Waals surface area contributed by atoms with Crippen LogP contribution >= 0.6 is 0 Å². The molecular formula is C37H52N2O6. The fourth-order valence-corrected chi connectivity index (χ4v) is 9.42. The maximum absolute atomic E-state index is 13.0. The molecule has 0 spiro atoms. The van der Waals surface area contributed by atoms with Gasteiger partial charge < -0.3 is 23.8 Å². The Kier molecular flexibility index (Phi) is 8.61. The number of carbonyl (C=O) groups excluding carboxylic acids is 2. The van der Waals surface area contributed by atoms with Crippen molar-refractivity contribution in [3.05, 3.63) is 53.6 Å². The molecule has 1 unspecified atom stereocenters. The predicted octanol–water partition coefficient (Wildman–Crippen LogP) is 7.81. The summed E-state index contributed by atoms with van der Waals surface area (Å²) < 4.78 is 24.8. The van der Waals surface area contributed by atoms with E-state index in [1.54, 1.807) is 14.1 Å². The molecule has 1 aromatic rings. The fraction of sp³-hybridized carbons (Fsp3) is 0.676. The van der Waals surface area contributed by atoms with E-state index in [1.165, 1.54) is 16.0 Å². The van der Waals surface area contributed by atoms with Crippen molar-refractivity contribution in [2.75, 3.05) is 32.6 Å². The molecule has 8 heteroatoms. The molecule has 5 aliphatic rings. The largest absolute Gasteiger partial charge is 0.446 e. The van der Waals surface area contributed by atoms with Crippen LogP contribution in [0.25, 0.3) is 0 Å². The Morgan fingerprint density at radius 2 is 1.67 bits per heavy atom. The third kappa shape index (κ3) is 5.93. The molecule has 1 aromatic carbocycles. The Labute approximate surface area is 268 Å². The minimum absolute atomic E-state index is 0.0606. The summed E-state index contributed by atoms with van der Waals surface area (Å²) >= 11 is 0. The van der Waals surface area contributed by atoms with E-state index >= 15 is 0 Å². The molecule has 1 aliphatic heterocycles. The van der Waals surface area contributed by atoms with Gasteiger partial charge in [0.1, 0.15) is 12.2 Å². The molecule has 4 aliphatic carbocycles. The second-order valence-electron chi connectivity index (χ2n) is 15.7. The number of fused-ring (bicyclic) bond motifs is 5. The van der Waals surface area contributed by atoms with E-state index in [9.17, 15) is 9.59 Å². The Balaban J connectivity index is 1.24. The average Bonchev–Trinajstić information content (AvgIpc) is 3.35. The van der Waals surface area contributed by atoms with Crippen molar-refractivity contribution in [1.82, 2.24) is 4.90 Å². The van der Waals surface area contributed by atoms with Crippen molar-refractivity contribution in [3.8, 4) is 0 Å². The van der Waals surface area contributed by atoms with Crippen molar-refractivity contribution in [2.45, 2.75) is 91.6 Å². The van der Waals surface area contributed by atoms with Crippen LogP contribution in [0.3, 0.4) is 0 Å². The van der Waals surface area contributed by atoms with Crippen molar-refractivity contribution in [1.29, 1.82) is 0 Å². The number of allylic oxidation sites excluding steroid dienone is 3. The van der Waals surface area contributed by atoms with Crippen LogP contribution in [0.2, 0.25) is 0 Å². The minimum Gasteiger partial charge on any atom is -0.446 e. The molecule has 1 N–H and O–H groups in total. The molecule has 45 heavy (non-hydrogen) atoms. The van der Waals surface area contributed by atoms with Gasteiger partial charge in [-0.05, 0) is 61.0 Å². The maximum Gasteiger partial charge on any atom is 0.411 e. The molecule has 246 valence electrons. The summed E-state index contributed by atoms with van der Waals surface area (Å²) in [4.78, 5) is 27.4. The zero-order valence-electron chi connectivity index (χ0n) is 28.1. The lowest BCUT2D eigenvalue weighted by Crippen LogP contribution is -2.55. The van der Waals surface area contributed by atoms with Crippen LogP contribution in [0.15, 0.2) is 53.6 Å². The highest BCUT2D eigenvalue weighted by Crippen LogP contribution is 2.66. The normalized spacial score (nSPS) is 36.3. The van der Waals surface area contributed by atoms with E-state index in [2.05, 4.69) is 52.1 Å². The maximum atomic E-state index is 13.0. The molecule has 4 fully saturated rings. The zero-order chi connectivity index (χ0) is 32.1. The van der Waals surface area contributed by atoms with E-state index in [1.807, 2.05) is 30.3 Å². The quantitative estimate of drug-likeness (QED) is 0.361. The Bertz CT molecular complexity index is 1330. The number of para-hydroxylation sites is 1. The summed E-state index contributed by atoms with van der Waals surface area (Å²) in [7, 11) is 3.43. The van der Waals surface area contributed by atoms with Crippen LogP contribution in [0.5, 0.6) is 0 Å². The number of ether oxygens (including phenoxy) is 4. The molecule has 0 radical (unpaired) electrons. The van der Waals surface area contributed by atoms with Crippen LogP contribution in [-0.4, -0.2) is 62.9 Å². The van der Waals surface area contributed by atoms with E-state index in [-0.39, 0.29) is 34.5 Å². The number of nitrogens with zero attached hydrogens (tertiary/aromatic N) is 1. The summed E-state index contributed by atoms with van der Waals surface area (Å²) in [5.41, 5.74) is 3.25. The van der Waals surface area contributed by atoms with Gasteiger partial charge in [-0.3, -0.25) is 5.32 Å². The SMILES string of the molecule is CC(C1OCC(C)(C)CO1)[C@H]1CC[C@H]2C3=CC=C4C[C@@H](OC(=O)Nc5ccccc5)C[C@H](OC(=O)N(C)C)[C@]4(C)[C@H]3CC[C@]12C. The van der Waals surface area contributed by atoms with Crippen molar-refractivity contribution in [2.24, 2.45) is 39.9 Å². The number of rotatable bonds is 5. The second kappa shape index (κ2) is 12.1. The first-order valence-corrected chi connectivity index (χ1v) is 16.9. The highest BCUT2D eigenvalue weighted by Gasteiger charge is 2.61. The van der Waals surface area contributed by atoms with Crippen molar-refractivity contribution < 1.29 is 28.5 Å². The smallest absolute Gasteiger partial charge is 0.411 e. The summed E-state index contributed by atoms with van der Waals surface area (Å²) in [6.07, 6.45) is 8.37. The molecule has 1 saturated heterocycles. The molecular weight excluding hydrogens is 568 g/mol. The average molecular weight is 621 g/mol. The second-order valence-corrected chi connectivity index (χ2v) is 15.7. The van der Waals surface area contributed by atoms with Crippen LogP contribution in [0, 0.1) is 39.9 Å². The first-order chi connectivity index (χ1) is 21.3.